The Morgan fingerprint density at radius 3 is 2.62 bits per heavy atom. The minimum Gasteiger partial charge on any atom is -0.383 e. The lowest BCUT2D eigenvalue weighted by Gasteiger charge is -2.18. The number of urea groups is 1. The molecule has 5 nitrogen and oxygen atoms in total. The quantitative estimate of drug-likeness (QED) is 0.616. The van der Waals surface area contributed by atoms with Crippen LogP contribution in [0, 0.1) is 5.92 Å². The fourth-order valence-corrected chi connectivity index (χ4v) is 1.62. The smallest absolute Gasteiger partial charge is 0.316 e. The molecule has 16 heavy (non-hydrogen) atoms. The number of ether oxygens (including phenoxy) is 1. The molecule has 0 aliphatic heterocycles. The topological polar surface area (TPSA) is 53.6 Å². The molecule has 5 heteroatoms. The van der Waals surface area contributed by atoms with E-state index < -0.39 is 0 Å². The molecule has 0 aromatic rings. The molecule has 1 saturated carbocycles. The molecule has 1 aliphatic rings. The normalized spacial score (nSPS) is 16.9. The van der Waals surface area contributed by atoms with Gasteiger partial charge in [-0.15, -0.1) is 0 Å². The summed E-state index contributed by atoms with van der Waals surface area (Å²) in [6.45, 7) is 2.21. The van der Waals surface area contributed by atoms with Crippen LogP contribution in [0.15, 0.2) is 0 Å². The van der Waals surface area contributed by atoms with Crippen LogP contribution in [-0.2, 0) is 4.74 Å². The second-order valence-electron chi connectivity index (χ2n) is 4.48. The van der Waals surface area contributed by atoms with E-state index in [0.29, 0.717) is 12.6 Å². The fourth-order valence-electron chi connectivity index (χ4n) is 1.62. The van der Waals surface area contributed by atoms with Gasteiger partial charge < -0.3 is 20.3 Å². The van der Waals surface area contributed by atoms with Crippen LogP contribution in [0.1, 0.15) is 12.8 Å². The molecule has 1 rings (SSSR count). The Morgan fingerprint density at radius 2 is 2.12 bits per heavy atom. The molecule has 1 atom stereocenters. The highest BCUT2D eigenvalue weighted by molar-refractivity contribution is 5.73. The molecule has 0 radical (unpaired) electrons. The van der Waals surface area contributed by atoms with Crippen LogP contribution >= 0.6 is 0 Å². The first-order valence-electron chi connectivity index (χ1n) is 5.82. The number of rotatable bonds is 7. The molecule has 0 aromatic heterocycles. The number of amides is 2. The maximum atomic E-state index is 11.2. The molecule has 0 saturated heterocycles. The SMILES string of the molecule is COCC(NCCNC(=O)N(C)C)C1CC1. The second-order valence-corrected chi connectivity index (χ2v) is 4.48. The van der Waals surface area contributed by atoms with Crippen LogP contribution in [0.5, 0.6) is 0 Å². The lowest BCUT2D eigenvalue weighted by atomic mass is 10.2. The van der Waals surface area contributed by atoms with Crippen molar-refractivity contribution < 1.29 is 9.53 Å². The Balaban J connectivity index is 2.06. The van der Waals surface area contributed by atoms with Gasteiger partial charge in [-0.25, -0.2) is 4.79 Å². The lowest BCUT2D eigenvalue weighted by molar-refractivity contribution is 0.158. The molecule has 2 amide bonds. The zero-order valence-electron chi connectivity index (χ0n) is 10.5. The van der Waals surface area contributed by atoms with E-state index in [0.717, 1.165) is 19.1 Å². The first-order valence-corrected chi connectivity index (χ1v) is 5.82. The van der Waals surface area contributed by atoms with Gasteiger partial charge in [-0.1, -0.05) is 0 Å². The number of hydrogen-bond donors (Lipinski definition) is 2. The summed E-state index contributed by atoms with van der Waals surface area (Å²) >= 11 is 0. The van der Waals surface area contributed by atoms with Gasteiger partial charge in [0.05, 0.1) is 6.61 Å². The molecule has 0 aromatic carbocycles. The standard InChI is InChI=1S/C11H23N3O2/c1-14(2)11(15)13-7-6-12-10(8-16-3)9-4-5-9/h9-10,12H,4-8H2,1-3H3,(H,13,15). The van der Waals surface area contributed by atoms with Gasteiger partial charge in [-0.05, 0) is 18.8 Å². The van der Waals surface area contributed by atoms with Crippen molar-refractivity contribution in [2.75, 3.05) is 40.9 Å². The fraction of sp³-hybridized carbons (Fsp3) is 0.909. The molecule has 94 valence electrons. The highest BCUT2D eigenvalue weighted by atomic mass is 16.5. The van der Waals surface area contributed by atoms with Gasteiger partial charge in [-0.2, -0.15) is 0 Å². The van der Waals surface area contributed by atoms with Crippen molar-refractivity contribution >= 4 is 6.03 Å². The van der Waals surface area contributed by atoms with E-state index in [4.69, 9.17) is 4.74 Å². The predicted molar refractivity (Wildman–Crippen MR) is 63.5 cm³/mol. The van der Waals surface area contributed by atoms with Gasteiger partial charge in [0.15, 0.2) is 0 Å². The molecular weight excluding hydrogens is 206 g/mol. The zero-order chi connectivity index (χ0) is 12.0. The van der Waals surface area contributed by atoms with Crippen LogP contribution in [0.25, 0.3) is 0 Å². The van der Waals surface area contributed by atoms with Gasteiger partial charge >= 0.3 is 6.03 Å². The third kappa shape index (κ3) is 4.81. The Hall–Kier alpha value is -0.810. The van der Waals surface area contributed by atoms with E-state index >= 15 is 0 Å². The average molecular weight is 229 g/mol. The third-order valence-electron chi connectivity index (χ3n) is 2.75. The van der Waals surface area contributed by atoms with Crippen LogP contribution in [0.4, 0.5) is 4.79 Å². The van der Waals surface area contributed by atoms with Gasteiger partial charge in [-0.3, -0.25) is 0 Å². The van der Waals surface area contributed by atoms with Crippen molar-refractivity contribution in [3.63, 3.8) is 0 Å². The Labute approximate surface area is 97.5 Å². The summed E-state index contributed by atoms with van der Waals surface area (Å²) in [6.07, 6.45) is 2.59. The van der Waals surface area contributed by atoms with Gasteiger partial charge in [0.1, 0.15) is 0 Å². The van der Waals surface area contributed by atoms with E-state index in [9.17, 15) is 4.79 Å². The van der Waals surface area contributed by atoms with E-state index in [-0.39, 0.29) is 6.03 Å². The highest BCUT2D eigenvalue weighted by Crippen LogP contribution is 2.32. The number of nitrogens with zero attached hydrogens (tertiary/aromatic N) is 1. The molecule has 0 heterocycles. The summed E-state index contributed by atoms with van der Waals surface area (Å²) in [6, 6.07) is 0.401. The zero-order valence-corrected chi connectivity index (χ0v) is 10.5. The van der Waals surface area contributed by atoms with Crippen molar-refractivity contribution in [2.45, 2.75) is 18.9 Å². The largest absolute Gasteiger partial charge is 0.383 e. The van der Waals surface area contributed by atoms with E-state index in [1.807, 2.05) is 0 Å². The maximum absolute atomic E-state index is 11.2. The van der Waals surface area contributed by atoms with E-state index in [2.05, 4.69) is 10.6 Å². The Kier molecular flexibility index (Phi) is 5.55. The molecule has 2 N–H and O–H groups in total. The van der Waals surface area contributed by atoms with Crippen LogP contribution in [-0.4, -0.2) is 57.9 Å². The second kappa shape index (κ2) is 6.70. The molecule has 1 fully saturated rings. The van der Waals surface area contributed by atoms with Crippen molar-refractivity contribution in [2.24, 2.45) is 5.92 Å². The summed E-state index contributed by atoms with van der Waals surface area (Å²) in [7, 11) is 5.20. The monoisotopic (exact) mass is 229 g/mol. The number of nitrogens with one attached hydrogen (secondary N) is 2. The van der Waals surface area contributed by atoms with E-state index in [1.54, 1.807) is 21.2 Å². The number of hydrogen-bond acceptors (Lipinski definition) is 3. The van der Waals surface area contributed by atoms with Crippen LogP contribution in [0.2, 0.25) is 0 Å². The molecular formula is C11H23N3O2. The summed E-state index contributed by atoms with van der Waals surface area (Å²) < 4.78 is 5.16. The highest BCUT2D eigenvalue weighted by Gasteiger charge is 2.30. The van der Waals surface area contributed by atoms with E-state index in [1.165, 1.54) is 17.7 Å². The lowest BCUT2D eigenvalue weighted by Crippen LogP contribution is -2.42. The summed E-state index contributed by atoms with van der Waals surface area (Å²) in [4.78, 5) is 12.8. The predicted octanol–water partition coefficient (Wildman–Crippen LogP) is 0.272. The summed E-state index contributed by atoms with van der Waals surface area (Å²) in [5.74, 6) is 0.768. The van der Waals surface area contributed by atoms with Crippen molar-refractivity contribution in [1.29, 1.82) is 0 Å². The number of carbonyl (C=O) groups excluding carboxylic acids is 1. The van der Waals surface area contributed by atoms with Crippen molar-refractivity contribution in [1.82, 2.24) is 15.5 Å². The summed E-state index contributed by atoms with van der Waals surface area (Å²) in [5, 5.41) is 6.24. The molecule has 0 spiro atoms. The molecule has 1 unspecified atom stereocenters. The minimum absolute atomic E-state index is 0.0449. The third-order valence-corrected chi connectivity index (χ3v) is 2.75. The Morgan fingerprint density at radius 1 is 1.44 bits per heavy atom. The molecule has 0 bridgehead atoms. The van der Waals surface area contributed by atoms with Crippen molar-refractivity contribution in [3.05, 3.63) is 0 Å². The summed E-state index contributed by atoms with van der Waals surface area (Å²) in [5.41, 5.74) is 0. The first kappa shape index (κ1) is 13.3. The van der Waals surface area contributed by atoms with Crippen molar-refractivity contribution in [3.8, 4) is 0 Å². The van der Waals surface area contributed by atoms with Crippen LogP contribution < -0.4 is 10.6 Å². The van der Waals surface area contributed by atoms with Crippen LogP contribution in [0.3, 0.4) is 0 Å². The molecule has 1 aliphatic carbocycles. The first-order chi connectivity index (χ1) is 7.65. The number of carbonyl (C=O) groups is 1. The number of methoxy groups -OCH3 is 1. The van der Waals surface area contributed by atoms with Gasteiger partial charge in [0.25, 0.3) is 0 Å². The van der Waals surface area contributed by atoms with Gasteiger partial charge in [0.2, 0.25) is 0 Å². The maximum Gasteiger partial charge on any atom is 0.316 e. The minimum atomic E-state index is -0.0449. The van der Waals surface area contributed by atoms with Gasteiger partial charge in [0, 0.05) is 40.3 Å². The average Bonchev–Trinajstić information content (AvgIpc) is 3.05. The Bertz CT molecular complexity index is 217.